The highest BCUT2D eigenvalue weighted by atomic mass is 127. The van der Waals surface area contributed by atoms with E-state index in [9.17, 15) is 4.79 Å². The number of aryl methyl sites for hydroxylation is 1. The Labute approximate surface area is 119 Å². The van der Waals surface area contributed by atoms with Crippen LogP contribution in [0.1, 0.15) is 26.5 Å². The van der Waals surface area contributed by atoms with E-state index in [4.69, 9.17) is 0 Å². The number of H-pyrrole nitrogens is 1. The van der Waals surface area contributed by atoms with Crippen LogP contribution in [0.5, 0.6) is 0 Å². The fourth-order valence-corrected chi connectivity index (χ4v) is 2.31. The molecule has 0 atom stereocenters. The molecule has 0 spiro atoms. The van der Waals surface area contributed by atoms with E-state index in [1.807, 2.05) is 33.9 Å². The summed E-state index contributed by atoms with van der Waals surface area (Å²) in [6.45, 7) is 7.47. The molecule has 18 heavy (non-hydrogen) atoms. The van der Waals surface area contributed by atoms with Gasteiger partial charge in [0.1, 0.15) is 5.65 Å². The van der Waals surface area contributed by atoms with Gasteiger partial charge in [0.2, 0.25) is 11.9 Å². The third-order valence-corrected chi connectivity index (χ3v) is 3.42. The van der Waals surface area contributed by atoms with Crippen molar-refractivity contribution in [1.29, 1.82) is 0 Å². The number of fused-ring (bicyclic) bond motifs is 1. The number of hydrogen-bond donors (Lipinski definition) is 2. The first-order valence-corrected chi connectivity index (χ1v) is 6.69. The molecule has 2 heterocycles. The van der Waals surface area contributed by atoms with Crippen molar-refractivity contribution in [2.24, 2.45) is 5.41 Å². The minimum atomic E-state index is -0.462. The summed E-state index contributed by atoms with van der Waals surface area (Å²) in [5.41, 5.74) is 1.14. The van der Waals surface area contributed by atoms with Gasteiger partial charge in [-0.15, -0.1) is 0 Å². The number of nitrogens with zero attached hydrogens (tertiary/aromatic N) is 2. The van der Waals surface area contributed by atoms with Crippen molar-refractivity contribution in [1.82, 2.24) is 15.0 Å². The third-order valence-electron chi connectivity index (χ3n) is 2.57. The van der Waals surface area contributed by atoms with Crippen molar-refractivity contribution in [2.75, 3.05) is 5.32 Å². The second kappa shape index (κ2) is 4.49. The van der Waals surface area contributed by atoms with Gasteiger partial charge in [0.15, 0.2) is 0 Å². The Hall–Kier alpha value is -1.18. The van der Waals surface area contributed by atoms with Gasteiger partial charge in [0.25, 0.3) is 0 Å². The maximum Gasteiger partial charge on any atom is 0.232 e. The van der Waals surface area contributed by atoms with Gasteiger partial charge in [-0.3, -0.25) is 10.1 Å². The largest absolute Gasteiger partial charge is 0.345 e. The molecule has 96 valence electrons. The summed E-state index contributed by atoms with van der Waals surface area (Å²) in [6.07, 6.45) is 1.88. The van der Waals surface area contributed by atoms with Crippen molar-refractivity contribution in [2.45, 2.75) is 27.7 Å². The molecule has 1 amide bonds. The normalized spacial score (nSPS) is 11.8. The van der Waals surface area contributed by atoms with Gasteiger partial charge >= 0.3 is 0 Å². The van der Waals surface area contributed by atoms with Crippen molar-refractivity contribution in [3.63, 3.8) is 0 Å². The van der Waals surface area contributed by atoms with E-state index in [0.717, 1.165) is 20.3 Å². The van der Waals surface area contributed by atoms with Crippen LogP contribution in [-0.2, 0) is 4.79 Å². The Morgan fingerprint density at radius 1 is 1.39 bits per heavy atom. The van der Waals surface area contributed by atoms with Gasteiger partial charge in [0, 0.05) is 15.2 Å². The maximum atomic E-state index is 11.9. The number of amides is 1. The molecule has 2 aromatic heterocycles. The Balaban J connectivity index is 2.39. The molecule has 0 fully saturated rings. The molecule has 0 aromatic carbocycles. The first kappa shape index (κ1) is 13.3. The van der Waals surface area contributed by atoms with E-state index in [1.165, 1.54) is 0 Å². The van der Waals surface area contributed by atoms with Crippen LogP contribution in [0.15, 0.2) is 6.20 Å². The van der Waals surface area contributed by atoms with Crippen LogP contribution in [0.4, 0.5) is 5.95 Å². The van der Waals surface area contributed by atoms with Crippen LogP contribution in [0.3, 0.4) is 0 Å². The highest BCUT2D eigenvalue weighted by molar-refractivity contribution is 14.1. The molecule has 2 aromatic rings. The third kappa shape index (κ3) is 2.47. The fourth-order valence-electron chi connectivity index (χ4n) is 1.51. The van der Waals surface area contributed by atoms with Crippen LogP contribution in [0, 0.1) is 15.9 Å². The predicted molar refractivity (Wildman–Crippen MR) is 79.4 cm³/mol. The second-order valence-corrected chi connectivity index (χ2v) is 6.36. The molecule has 6 heteroatoms. The molecule has 0 aliphatic heterocycles. The zero-order chi connectivity index (χ0) is 13.5. The van der Waals surface area contributed by atoms with Crippen LogP contribution in [0.25, 0.3) is 11.0 Å². The van der Waals surface area contributed by atoms with Crippen LogP contribution in [0.2, 0.25) is 0 Å². The number of aromatic nitrogens is 3. The summed E-state index contributed by atoms with van der Waals surface area (Å²) >= 11 is 2.23. The molecule has 0 saturated carbocycles. The molecule has 0 unspecified atom stereocenters. The van der Waals surface area contributed by atoms with E-state index < -0.39 is 5.41 Å². The summed E-state index contributed by atoms with van der Waals surface area (Å²) in [4.78, 5) is 23.6. The zero-order valence-electron chi connectivity index (χ0n) is 10.8. The van der Waals surface area contributed by atoms with Gasteiger partial charge < -0.3 is 4.98 Å². The summed E-state index contributed by atoms with van der Waals surface area (Å²) in [6, 6.07) is 0. The summed E-state index contributed by atoms with van der Waals surface area (Å²) in [7, 11) is 0. The van der Waals surface area contributed by atoms with Crippen LogP contribution < -0.4 is 5.32 Å². The first-order valence-electron chi connectivity index (χ1n) is 5.61. The predicted octanol–water partition coefficient (Wildman–Crippen LogP) is 2.86. The van der Waals surface area contributed by atoms with E-state index in [-0.39, 0.29) is 5.91 Å². The molecule has 0 radical (unpaired) electrons. The molecule has 0 saturated heterocycles. The van der Waals surface area contributed by atoms with Gasteiger partial charge in [0.05, 0.1) is 11.1 Å². The maximum absolute atomic E-state index is 11.9. The van der Waals surface area contributed by atoms with Gasteiger partial charge in [-0.1, -0.05) is 20.8 Å². The van der Waals surface area contributed by atoms with Gasteiger partial charge in [-0.25, -0.2) is 4.98 Å². The highest BCUT2D eigenvalue weighted by Crippen LogP contribution is 2.23. The quantitative estimate of drug-likeness (QED) is 0.771. The smallest absolute Gasteiger partial charge is 0.232 e. The number of anilines is 1. The van der Waals surface area contributed by atoms with E-state index >= 15 is 0 Å². The first-order chi connectivity index (χ1) is 8.29. The summed E-state index contributed by atoms with van der Waals surface area (Å²) in [5.74, 6) is 0.251. The van der Waals surface area contributed by atoms with Crippen LogP contribution >= 0.6 is 22.6 Å². The Bertz CT molecular complexity index is 612. The molecular weight excluding hydrogens is 343 g/mol. The van der Waals surface area contributed by atoms with E-state index in [0.29, 0.717) is 5.95 Å². The van der Waals surface area contributed by atoms with Gasteiger partial charge in [-0.05, 0) is 29.5 Å². The minimum absolute atomic E-state index is 0.0949. The highest BCUT2D eigenvalue weighted by Gasteiger charge is 2.22. The van der Waals surface area contributed by atoms with Crippen molar-refractivity contribution in [3.8, 4) is 0 Å². The Morgan fingerprint density at radius 2 is 2.06 bits per heavy atom. The number of carbonyl (C=O) groups is 1. The van der Waals surface area contributed by atoms with Crippen molar-refractivity contribution < 1.29 is 4.79 Å². The molecular formula is C12H15IN4O. The van der Waals surface area contributed by atoms with Crippen molar-refractivity contribution >= 4 is 45.5 Å². The summed E-state index contributed by atoms with van der Waals surface area (Å²) in [5, 5.41) is 3.74. The van der Waals surface area contributed by atoms with E-state index in [2.05, 4.69) is 42.9 Å². The summed E-state index contributed by atoms with van der Waals surface area (Å²) < 4.78 is 1.08. The molecule has 0 bridgehead atoms. The lowest BCUT2D eigenvalue weighted by Gasteiger charge is -2.16. The SMILES string of the molecule is Cc1nc(NC(=O)C(C)(C)C)nc2[nH]cc(I)c12. The lowest BCUT2D eigenvalue weighted by atomic mass is 9.96. The average Bonchev–Trinajstić information content (AvgIpc) is 2.59. The number of carbonyl (C=O) groups excluding carboxylic acids is 1. The number of hydrogen-bond acceptors (Lipinski definition) is 3. The lowest BCUT2D eigenvalue weighted by molar-refractivity contribution is -0.123. The standard InChI is InChI=1S/C12H15IN4O/c1-6-8-7(13)5-14-9(8)16-11(15-6)17-10(18)12(2,3)4/h5H,1-4H3,(H2,14,15,16,17,18). The Morgan fingerprint density at radius 3 is 2.67 bits per heavy atom. The van der Waals surface area contributed by atoms with E-state index in [1.54, 1.807) is 0 Å². The minimum Gasteiger partial charge on any atom is -0.345 e. The lowest BCUT2D eigenvalue weighted by Crippen LogP contribution is -2.28. The molecule has 5 nitrogen and oxygen atoms in total. The fraction of sp³-hybridized carbons (Fsp3) is 0.417. The monoisotopic (exact) mass is 358 g/mol. The number of aromatic amines is 1. The number of halogens is 1. The zero-order valence-corrected chi connectivity index (χ0v) is 12.9. The number of nitrogens with one attached hydrogen (secondary N) is 2. The molecule has 2 rings (SSSR count). The van der Waals surface area contributed by atoms with Crippen molar-refractivity contribution in [3.05, 3.63) is 15.5 Å². The van der Waals surface area contributed by atoms with Gasteiger partial charge in [-0.2, -0.15) is 4.98 Å². The molecule has 0 aliphatic carbocycles. The number of rotatable bonds is 1. The second-order valence-electron chi connectivity index (χ2n) is 5.20. The average molecular weight is 358 g/mol. The molecule has 0 aliphatic rings. The molecule has 2 N–H and O–H groups in total. The van der Waals surface area contributed by atoms with Crippen LogP contribution in [-0.4, -0.2) is 20.9 Å². The Kier molecular flexibility index (Phi) is 3.31. The topological polar surface area (TPSA) is 70.7 Å².